The molecule has 0 aliphatic carbocycles. The van der Waals surface area contributed by atoms with Gasteiger partial charge in [-0.15, -0.1) is 11.3 Å². The van der Waals surface area contributed by atoms with Gasteiger partial charge in [0.25, 0.3) is 0 Å². The van der Waals surface area contributed by atoms with Crippen LogP contribution in [0.15, 0.2) is 27.0 Å². The fraction of sp³-hybridized carbons (Fsp3) is 0.300. The first-order chi connectivity index (χ1) is 8.94. The van der Waals surface area contributed by atoms with Gasteiger partial charge in [0.2, 0.25) is 10.0 Å². The number of sulfonamides is 1. The third kappa shape index (κ3) is 3.23. The summed E-state index contributed by atoms with van der Waals surface area (Å²) in [6, 6.07) is 3.34. The van der Waals surface area contributed by atoms with E-state index in [1.807, 2.05) is 0 Å². The van der Waals surface area contributed by atoms with Crippen LogP contribution < -0.4 is 10.5 Å². The molecule has 2 aromatic rings. The Balaban J connectivity index is 2.18. The summed E-state index contributed by atoms with van der Waals surface area (Å²) in [6.07, 6.45) is 1.62. The number of aromatic nitrogens is 2. The normalized spacial score (nSPS) is 11.9. The predicted octanol–water partition coefficient (Wildman–Crippen LogP) is 1.18. The largest absolute Gasteiger partial charge is 0.326 e. The molecular weight excluding hydrogens is 352 g/mol. The second-order valence-electron chi connectivity index (χ2n) is 3.83. The van der Waals surface area contributed by atoms with Gasteiger partial charge in [-0.2, -0.15) is 5.10 Å². The molecular formula is C10H13BrN4O2S2. The van der Waals surface area contributed by atoms with Crippen LogP contribution in [0.25, 0.3) is 0 Å². The quantitative estimate of drug-likeness (QED) is 0.833. The van der Waals surface area contributed by atoms with Crippen LogP contribution in [0.2, 0.25) is 0 Å². The molecule has 0 saturated heterocycles. The van der Waals surface area contributed by atoms with Crippen molar-refractivity contribution in [3.8, 4) is 0 Å². The summed E-state index contributed by atoms with van der Waals surface area (Å²) < 4.78 is 29.1. The third-order valence-corrected chi connectivity index (χ3v) is 6.24. The summed E-state index contributed by atoms with van der Waals surface area (Å²) in [5.74, 6) is 0. The van der Waals surface area contributed by atoms with E-state index in [-0.39, 0.29) is 11.4 Å². The van der Waals surface area contributed by atoms with Crippen molar-refractivity contribution in [1.29, 1.82) is 0 Å². The van der Waals surface area contributed by atoms with Crippen LogP contribution in [0.5, 0.6) is 0 Å². The first-order valence-corrected chi connectivity index (χ1v) is 8.48. The molecule has 0 unspecified atom stereocenters. The summed E-state index contributed by atoms with van der Waals surface area (Å²) in [7, 11) is -1.80. The van der Waals surface area contributed by atoms with Gasteiger partial charge in [-0.3, -0.25) is 4.68 Å². The Morgan fingerprint density at radius 1 is 1.58 bits per heavy atom. The van der Waals surface area contributed by atoms with E-state index in [2.05, 4.69) is 25.8 Å². The summed E-state index contributed by atoms with van der Waals surface area (Å²) in [4.78, 5) is 1.04. The lowest BCUT2D eigenvalue weighted by Crippen LogP contribution is -2.24. The van der Waals surface area contributed by atoms with Crippen LogP contribution in [0.3, 0.4) is 0 Å². The lowest BCUT2D eigenvalue weighted by molar-refractivity contribution is 0.577. The number of rotatable bonds is 5. The number of nitrogens with zero attached hydrogens (tertiary/aromatic N) is 2. The highest BCUT2D eigenvalue weighted by molar-refractivity contribution is 9.11. The molecule has 2 heterocycles. The topological polar surface area (TPSA) is 90.0 Å². The SMILES string of the molecule is Cn1nccc1CNS(=O)(=O)c1cc(CN)sc1Br. The zero-order valence-electron chi connectivity index (χ0n) is 10.1. The van der Waals surface area contributed by atoms with Gasteiger partial charge in [0.1, 0.15) is 4.90 Å². The third-order valence-electron chi connectivity index (χ3n) is 2.56. The number of nitrogens with two attached hydrogens (primary N) is 1. The minimum Gasteiger partial charge on any atom is -0.326 e. The van der Waals surface area contributed by atoms with Gasteiger partial charge >= 0.3 is 0 Å². The number of hydrogen-bond acceptors (Lipinski definition) is 5. The molecule has 0 fully saturated rings. The maximum absolute atomic E-state index is 12.2. The predicted molar refractivity (Wildman–Crippen MR) is 77.1 cm³/mol. The Morgan fingerprint density at radius 2 is 2.32 bits per heavy atom. The molecule has 0 aromatic carbocycles. The standard InChI is InChI=1S/C10H13BrN4O2S2/c1-15-7(2-3-13-15)6-14-19(16,17)9-4-8(5-12)18-10(9)11/h2-4,14H,5-6,12H2,1H3. The zero-order valence-corrected chi connectivity index (χ0v) is 13.3. The summed E-state index contributed by atoms with van der Waals surface area (Å²) in [5, 5.41) is 3.98. The molecule has 19 heavy (non-hydrogen) atoms. The lowest BCUT2D eigenvalue weighted by atomic mass is 10.4. The number of thiophene rings is 1. The molecule has 6 nitrogen and oxygen atoms in total. The molecule has 0 radical (unpaired) electrons. The average Bonchev–Trinajstić information content (AvgIpc) is 2.93. The first kappa shape index (κ1) is 14.7. The smallest absolute Gasteiger partial charge is 0.242 e. The van der Waals surface area contributed by atoms with E-state index in [9.17, 15) is 8.42 Å². The van der Waals surface area contributed by atoms with E-state index in [1.54, 1.807) is 30.1 Å². The Bertz CT molecular complexity index is 678. The second-order valence-corrected chi connectivity index (χ2v) is 8.02. The van der Waals surface area contributed by atoms with Crippen LogP contribution in [0.1, 0.15) is 10.6 Å². The molecule has 0 amide bonds. The van der Waals surface area contributed by atoms with E-state index in [4.69, 9.17) is 5.73 Å². The average molecular weight is 365 g/mol. The lowest BCUT2D eigenvalue weighted by Gasteiger charge is -2.06. The van der Waals surface area contributed by atoms with Crippen LogP contribution in [0, 0.1) is 0 Å². The van der Waals surface area contributed by atoms with Crippen molar-refractivity contribution < 1.29 is 8.42 Å². The highest BCUT2D eigenvalue weighted by atomic mass is 79.9. The molecule has 0 aliphatic rings. The van der Waals surface area contributed by atoms with Crippen molar-refractivity contribution >= 4 is 37.3 Å². The zero-order chi connectivity index (χ0) is 14.0. The molecule has 2 rings (SSSR count). The fourth-order valence-corrected chi connectivity index (χ4v) is 5.06. The van der Waals surface area contributed by atoms with Crippen molar-refractivity contribution in [2.75, 3.05) is 0 Å². The minimum absolute atomic E-state index is 0.194. The Kier molecular flexibility index (Phi) is 4.41. The summed E-state index contributed by atoms with van der Waals surface area (Å²) in [5.41, 5.74) is 6.30. The monoisotopic (exact) mass is 364 g/mol. The molecule has 0 atom stereocenters. The number of hydrogen-bond donors (Lipinski definition) is 2. The van der Waals surface area contributed by atoms with Crippen molar-refractivity contribution in [2.24, 2.45) is 12.8 Å². The second kappa shape index (κ2) is 5.71. The van der Waals surface area contributed by atoms with Gasteiger partial charge < -0.3 is 5.73 Å². The van der Waals surface area contributed by atoms with Gasteiger partial charge in [-0.25, -0.2) is 13.1 Å². The van der Waals surface area contributed by atoms with E-state index >= 15 is 0 Å². The van der Waals surface area contributed by atoms with Gasteiger partial charge in [0, 0.05) is 24.7 Å². The number of aryl methyl sites for hydroxylation is 1. The van der Waals surface area contributed by atoms with Crippen molar-refractivity contribution in [1.82, 2.24) is 14.5 Å². The van der Waals surface area contributed by atoms with Gasteiger partial charge in [-0.1, -0.05) is 0 Å². The number of nitrogens with one attached hydrogen (secondary N) is 1. The van der Waals surface area contributed by atoms with Crippen molar-refractivity contribution in [3.63, 3.8) is 0 Å². The molecule has 2 aromatic heterocycles. The molecule has 0 aliphatic heterocycles. The van der Waals surface area contributed by atoms with E-state index in [1.165, 1.54) is 11.3 Å². The van der Waals surface area contributed by atoms with Crippen LogP contribution in [0.4, 0.5) is 0 Å². The number of halogens is 1. The minimum atomic E-state index is -3.56. The van der Waals surface area contributed by atoms with E-state index in [0.717, 1.165) is 10.6 Å². The van der Waals surface area contributed by atoms with Crippen molar-refractivity contribution in [2.45, 2.75) is 18.0 Å². The Hall–Kier alpha value is -0.740. The van der Waals surface area contributed by atoms with Crippen molar-refractivity contribution in [3.05, 3.63) is 32.7 Å². The molecule has 3 N–H and O–H groups in total. The van der Waals surface area contributed by atoms with Crippen LogP contribution >= 0.6 is 27.3 Å². The van der Waals surface area contributed by atoms with Crippen LogP contribution in [-0.2, 0) is 30.2 Å². The molecule has 9 heteroatoms. The molecule has 0 bridgehead atoms. The first-order valence-electron chi connectivity index (χ1n) is 5.39. The van der Waals surface area contributed by atoms with E-state index in [0.29, 0.717) is 10.3 Å². The van der Waals surface area contributed by atoms with E-state index < -0.39 is 10.0 Å². The van der Waals surface area contributed by atoms with Crippen LogP contribution in [-0.4, -0.2) is 18.2 Å². The molecule has 104 valence electrons. The maximum Gasteiger partial charge on any atom is 0.242 e. The Labute approximate surface area is 123 Å². The summed E-state index contributed by atoms with van der Waals surface area (Å²) >= 11 is 4.58. The Morgan fingerprint density at radius 3 is 2.84 bits per heavy atom. The fourth-order valence-electron chi connectivity index (χ4n) is 1.50. The van der Waals surface area contributed by atoms with Gasteiger partial charge in [-0.05, 0) is 28.1 Å². The highest BCUT2D eigenvalue weighted by Gasteiger charge is 2.20. The van der Waals surface area contributed by atoms with Gasteiger partial charge in [0.05, 0.1) is 16.0 Å². The molecule has 0 spiro atoms. The highest BCUT2D eigenvalue weighted by Crippen LogP contribution is 2.31. The van der Waals surface area contributed by atoms with Gasteiger partial charge in [0.15, 0.2) is 0 Å². The molecule has 0 saturated carbocycles. The summed E-state index contributed by atoms with van der Waals surface area (Å²) in [6.45, 7) is 0.513. The maximum atomic E-state index is 12.2.